The highest BCUT2D eigenvalue weighted by atomic mass is 32.2. The minimum Gasteiger partial charge on any atom is -0.478 e. The first kappa shape index (κ1) is 13.7. The molecule has 0 aromatic heterocycles. The standard InChI is InChI=1S/C14H15NO3S/c16-13(17)7-6-10-3-1-4-11(9-10)15-14(18)12-5-2-8-19-12/h1,3-4,6-7,9,12H,2,5,8H2,(H,15,18)(H,16,17)/b7-6+. The van der Waals surface area contributed by atoms with Gasteiger partial charge in [0.05, 0.1) is 5.25 Å². The van der Waals surface area contributed by atoms with Crippen molar-refractivity contribution in [3.8, 4) is 0 Å². The molecular formula is C14H15NO3S. The number of carbonyl (C=O) groups excluding carboxylic acids is 1. The van der Waals surface area contributed by atoms with Gasteiger partial charge in [0, 0.05) is 11.8 Å². The van der Waals surface area contributed by atoms with Gasteiger partial charge in [0.15, 0.2) is 0 Å². The molecule has 0 saturated carbocycles. The third kappa shape index (κ3) is 4.13. The van der Waals surface area contributed by atoms with Crippen LogP contribution in [0.15, 0.2) is 30.3 Å². The highest BCUT2D eigenvalue weighted by molar-refractivity contribution is 8.00. The minimum absolute atomic E-state index is 0.0295. The van der Waals surface area contributed by atoms with Crippen LogP contribution in [-0.4, -0.2) is 28.0 Å². The van der Waals surface area contributed by atoms with Crippen LogP contribution in [0, 0.1) is 0 Å². The van der Waals surface area contributed by atoms with Crippen molar-refractivity contribution < 1.29 is 14.7 Å². The van der Waals surface area contributed by atoms with Gasteiger partial charge in [-0.3, -0.25) is 4.79 Å². The number of amides is 1. The summed E-state index contributed by atoms with van der Waals surface area (Å²) in [5.74, 6) is 0.0816. The maximum atomic E-state index is 11.9. The average molecular weight is 277 g/mol. The molecule has 0 spiro atoms. The monoisotopic (exact) mass is 277 g/mol. The maximum Gasteiger partial charge on any atom is 0.328 e. The van der Waals surface area contributed by atoms with Crippen molar-refractivity contribution >= 4 is 35.4 Å². The number of aliphatic carboxylic acids is 1. The topological polar surface area (TPSA) is 66.4 Å². The van der Waals surface area contributed by atoms with E-state index in [1.807, 2.05) is 0 Å². The number of carboxylic acids is 1. The maximum absolute atomic E-state index is 11.9. The highest BCUT2D eigenvalue weighted by Gasteiger charge is 2.23. The highest BCUT2D eigenvalue weighted by Crippen LogP contribution is 2.27. The molecular weight excluding hydrogens is 262 g/mol. The molecule has 1 unspecified atom stereocenters. The van der Waals surface area contributed by atoms with Crippen LogP contribution in [0.25, 0.3) is 6.08 Å². The van der Waals surface area contributed by atoms with Crippen molar-refractivity contribution in [1.82, 2.24) is 0 Å². The number of benzene rings is 1. The molecule has 2 rings (SSSR count). The van der Waals surface area contributed by atoms with E-state index in [0.29, 0.717) is 5.69 Å². The summed E-state index contributed by atoms with van der Waals surface area (Å²) in [5, 5.41) is 11.5. The Balaban J connectivity index is 2.02. The number of hydrogen-bond acceptors (Lipinski definition) is 3. The normalized spacial score (nSPS) is 18.6. The van der Waals surface area contributed by atoms with Crippen molar-refractivity contribution in [3.05, 3.63) is 35.9 Å². The lowest BCUT2D eigenvalue weighted by Crippen LogP contribution is -2.22. The Kier molecular flexibility index (Phi) is 4.63. The lowest BCUT2D eigenvalue weighted by atomic mass is 10.1. The van der Waals surface area contributed by atoms with Gasteiger partial charge in [0.25, 0.3) is 0 Å². The zero-order valence-electron chi connectivity index (χ0n) is 10.3. The Hall–Kier alpha value is -1.75. The van der Waals surface area contributed by atoms with Gasteiger partial charge in [-0.05, 0) is 42.4 Å². The molecule has 1 aliphatic heterocycles. The second-order valence-corrected chi connectivity index (χ2v) is 5.60. The number of rotatable bonds is 4. The molecule has 5 heteroatoms. The summed E-state index contributed by atoms with van der Waals surface area (Å²) in [6.07, 6.45) is 4.59. The molecule has 1 aromatic carbocycles. The predicted molar refractivity (Wildman–Crippen MR) is 77.2 cm³/mol. The van der Waals surface area contributed by atoms with Gasteiger partial charge in [0.1, 0.15) is 0 Å². The molecule has 0 aliphatic carbocycles. The fourth-order valence-corrected chi connectivity index (χ4v) is 3.06. The van der Waals surface area contributed by atoms with E-state index in [4.69, 9.17) is 5.11 Å². The van der Waals surface area contributed by atoms with E-state index in [1.54, 1.807) is 36.0 Å². The third-order valence-corrected chi connectivity index (χ3v) is 4.17. The first-order chi connectivity index (χ1) is 9.15. The Labute approximate surface area is 115 Å². The SMILES string of the molecule is O=C(O)/C=C/c1cccc(NC(=O)C2CCCS2)c1. The summed E-state index contributed by atoms with van der Waals surface area (Å²) in [6.45, 7) is 0. The summed E-state index contributed by atoms with van der Waals surface area (Å²) < 4.78 is 0. The summed E-state index contributed by atoms with van der Waals surface area (Å²) in [5.41, 5.74) is 1.45. The summed E-state index contributed by atoms with van der Waals surface area (Å²) in [7, 11) is 0. The zero-order chi connectivity index (χ0) is 13.7. The Morgan fingerprint density at radius 3 is 2.95 bits per heavy atom. The van der Waals surface area contributed by atoms with Crippen LogP contribution in [0.5, 0.6) is 0 Å². The molecule has 19 heavy (non-hydrogen) atoms. The van der Waals surface area contributed by atoms with Gasteiger partial charge < -0.3 is 10.4 Å². The number of hydrogen-bond donors (Lipinski definition) is 2. The Bertz CT molecular complexity index is 507. The number of thioether (sulfide) groups is 1. The van der Waals surface area contributed by atoms with Crippen LogP contribution >= 0.6 is 11.8 Å². The quantitative estimate of drug-likeness (QED) is 0.830. The number of carboxylic acid groups (broad SMARTS) is 1. The number of carbonyl (C=O) groups is 2. The number of anilines is 1. The lowest BCUT2D eigenvalue weighted by molar-refractivity contribution is -0.131. The van der Waals surface area contributed by atoms with E-state index in [-0.39, 0.29) is 11.2 Å². The van der Waals surface area contributed by atoms with Crippen molar-refractivity contribution in [1.29, 1.82) is 0 Å². The molecule has 1 amide bonds. The largest absolute Gasteiger partial charge is 0.478 e. The van der Waals surface area contributed by atoms with Crippen molar-refractivity contribution in [3.63, 3.8) is 0 Å². The average Bonchev–Trinajstić information content (AvgIpc) is 2.91. The minimum atomic E-state index is -0.989. The van der Waals surface area contributed by atoms with Gasteiger partial charge >= 0.3 is 5.97 Å². The van der Waals surface area contributed by atoms with Crippen LogP contribution in [0.4, 0.5) is 5.69 Å². The molecule has 1 fully saturated rings. The van der Waals surface area contributed by atoms with Crippen LogP contribution in [0.1, 0.15) is 18.4 Å². The summed E-state index contributed by atoms with van der Waals surface area (Å²) >= 11 is 1.68. The van der Waals surface area contributed by atoms with E-state index in [9.17, 15) is 9.59 Å². The first-order valence-electron chi connectivity index (χ1n) is 6.09. The smallest absolute Gasteiger partial charge is 0.328 e. The molecule has 1 atom stereocenters. The van der Waals surface area contributed by atoms with E-state index < -0.39 is 5.97 Å². The second kappa shape index (κ2) is 6.43. The van der Waals surface area contributed by atoms with Gasteiger partial charge in [0.2, 0.25) is 5.91 Å². The molecule has 1 aliphatic rings. The Morgan fingerprint density at radius 1 is 1.42 bits per heavy atom. The van der Waals surface area contributed by atoms with E-state index in [0.717, 1.165) is 30.2 Å². The van der Waals surface area contributed by atoms with Crippen LogP contribution in [-0.2, 0) is 9.59 Å². The molecule has 1 aromatic rings. The van der Waals surface area contributed by atoms with Gasteiger partial charge in [-0.1, -0.05) is 12.1 Å². The fraction of sp³-hybridized carbons (Fsp3) is 0.286. The van der Waals surface area contributed by atoms with Crippen LogP contribution < -0.4 is 5.32 Å². The van der Waals surface area contributed by atoms with E-state index >= 15 is 0 Å². The van der Waals surface area contributed by atoms with Crippen molar-refractivity contribution in [2.24, 2.45) is 0 Å². The van der Waals surface area contributed by atoms with Gasteiger partial charge in [-0.2, -0.15) is 0 Å². The summed E-state index contributed by atoms with van der Waals surface area (Å²) in [6, 6.07) is 7.14. The first-order valence-corrected chi connectivity index (χ1v) is 7.13. The fourth-order valence-electron chi connectivity index (χ4n) is 1.89. The number of nitrogens with one attached hydrogen (secondary N) is 1. The molecule has 0 radical (unpaired) electrons. The molecule has 100 valence electrons. The molecule has 2 N–H and O–H groups in total. The molecule has 1 heterocycles. The third-order valence-electron chi connectivity index (χ3n) is 2.79. The predicted octanol–water partition coefficient (Wildman–Crippen LogP) is 2.62. The Morgan fingerprint density at radius 2 is 2.26 bits per heavy atom. The van der Waals surface area contributed by atoms with Crippen molar-refractivity contribution in [2.45, 2.75) is 18.1 Å². The van der Waals surface area contributed by atoms with Crippen LogP contribution in [0.2, 0.25) is 0 Å². The van der Waals surface area contributed by atoms with E-state index in [1.165, 1.54) is 6.08 Å². The second-order valence-electron chi connectivity index (χ2n) is 4.29. The van der Waals surface area contributed by atoms with Gasteiger partial charge in [-0.15, -0.1) is 11.8 Å². The van der Waals surface area contributed by atoms with Gasteiger partial charge in [-0.25, -0.2) is 4.79 Å². The van der Waals surface area contributed by atoms with E-state index in [2.05, 4.69) is 5.32 Å². The molecule has 4 nitrogen and oxygen atoms in total. The molecule has 1 saturated heterocycles. The lowest BCUT2D eigenvalue weighted by Gasteiger charge is -2.10. The molecule has 0 bridgehead atoms. The van der Waals surface area contributed by atoms with Crippen LogP contribution in [0.3, 0.4) is 0 Å². The van der Waals surface area contributed by atoms with Crippen molar-refractivity contribution in [2.75, 3.05) is 11.1 Å². The summed E-state index contributed by atoms with van der Waals surface area (Å²) in [4.78, 5) is 22.4. The zero-order valence-corrected chi connectivity index (χ0v) is 11.2.